The molecule has 5 nitrogen and oxygen atoms in total. The highest BCUT2D eigenvalue weighted by atomic mass is 35.5. The second kappa shape index (κ2) is 9.58. The Bertz CT molecular complexity index is 420. The van der Waals surface area contributed by atoms with Crippen LogP contribution in [0.25, 0.3) is 0 Å². The predicted molar refractivity (Wildman–Crippen MR) is 89.6 cm³/mol. The highest BCUT2D eigenvalue weighted by molar-refractivity contribution is 5.85. The maximum Gasteiger partial charge on any atom is 0.228 e. The van der Waals surface area contributed by atoms with Crippen LogP contribution in [-0.4, -0.2) is 54.4 Å². The number of rotatable bonds is 7. The number of pyridine rings is 1. The molecule has 1 aromatic heterocycles. The van der Waals surface area contributed by atoms with Gasteiger partial charge >= 0.3 is 0 Å². The van der Waals surface area contributed by atoms with Crippen molar-refractivity contribution in [2.24, 2.45) is 5.92 Å². The van der Waals surface area contributed by atoms with Crippen LogP contribution >= 0.6 is 12.4 Å². The zero-order valence-electron chi connectivity index (χ0n) is 13.4. The first-order chi connectivity index (χ1) is 9.38. The predicted octanol–water partition coefficient (Wildman–Crippen LogP) is 1.67. The van der Waals surface area contributed by atoms with Gasteiger partial charge in [-0.1, -0.05) is 13.8 Å². The molecule has 1 heterocycles. The van der Waals surface area contributed by atoms with Gasteiger partial charge in [0.2, 0.25) is 5.91 Å². The number of hydrogen-bond donors (Lipinski definition) is 1. The molecule has 0 atom stereocenters. The Morgan fingerprint density at radius 2 is 1.95 bits per heavy atom. The molecule has 0 spiro atoms. The zero-order chi connectivity index (χ0) is 15.1. The van der Waals surface area contributed by atoms with E-state index in [0.717, 1.165) is 25.3 Å². The van der Waals surface area contributed by atoms with E-state index in [-0.39, 0.29) is 18.3 Å². The lowest BCUT2D eigenvalue weighted by molar-refractivity contribution is -0.131. The summed E-state index contributed by atoms with van der Waals surface area (Å²) in [5, 5.41) is 0. The summed E-state index contributed by atoms with van der Waals surface area (Å²) in [5.74, 6) is 0.582. The molecular weight excluding hydrogens is 288 g/mol. The van der Waals surface area contributed by atoms with E-state index in [4.69, 9.17) is 5.73 Å². The molecule has 0 aliphatic rings. The minimum Gasteiger partial charge on any atom is -0.397 e. The van der Waals surface area contributed by atoms with Crippen LogP contribution in [0.5, 0.6) is 0 Å². The number of aromatic nitrogens is 1. The van der Waals surface area contributed by atoms with Crippen LogP contribution in [0.2, 0.25) is 0 Å². The van der Waals surface area contributed by atoms with Gasteiger partial charge in [0, 0.05) is 25.3 Å². The van der Waals surface area contributed by atoms with Gasteiger partial charge in [-0.3, -0.25) is 9.78 Å². The molecule has 0 saturated carbocycles. The van der Waals surface area contributed by atoms with Crippen molar-refractivity contribution in [1.29, 1.82) is 0 Å². The summed E-state index contributed by atoms with van der Waals surface area (Å²) in [4.78, 5) is 20.6. The third kappa shape index (κ3) is 7.87. The van der Waals surface area contributed by atoms with Gasteiger partial charge in [-0.05, 0) is 32.1 Å². The van der Waals surface area contributed by atoms with E-state index < -0.39 is 0 Å². The number of carbonyl (C=O) groups excluding carboxylic acids is 1. The summed E-state index contributed by atoms with van der Waals surface area (Å²) in [5.41, 5.74) is 6.99. The van der Waals surface area contributed by atoms with E-state index in [9.17, 15) is 4.79 Å². The molecule has 0 saturated heterocycles. The fourth-order valence-corrected chi connectivity index (χ4v) is 1.89. The maximum absolute atomic E-state index is 12.4. The van der Waals surface area contributed by atoms with Crippen LogP contribution in [0.15, 0.2) is 18.3 Å². The second-order valence-electron chi connectivity index (χ2n) is 5.80. The third-order valence-electron chi connectivity index (χ3n) is 2.94. The quantitative estimate of drug-likeness (QED) is 0.831. The Kier molecular flexibility index (Phi) is 8.97. The van der Waals surface area contributed by atoms with Crippen molar-refractivity contribution in [2.75, 3.05) is 39.5 Å². The first-order valence-electron chi connectivity index (χ1n) is 7.01. The first kappa shape index (κ1) is 19.7. The van der Waals surface area contributed by atoms with E-state index in [0.29, 0.717) is 18.0 Å². The van der Waals surface area contributed by atoms with Crippen molar-refractivity contribution in [3.8, 4) is 0 Å². The number of nitrogens with zero attached hydrogens (tertiary/aromatic N) is 3. The average molecular weight is 315 g/mol. The van der Waals surface area contributed by atoms with Crippen molar-refractivity contribution < 1.29 is 4.79 Å². The van der Waals surface area contributed by atoms with Crippen molar-refractivity contribution in [2.45, 2.75) is 20.3 Å². The Morgan fingerprint density at radius 1 is 1.29 bits per heavy atom. The van der Waals surface area contributed by atoms with Crippen molar-refractivity contribution >= 4 is 24.0 Å². The Labute approximate surface area is 133 Å². The van der Waals surface area contributed by atoms with E-state index in [1.54, 1.807) is 12.3 Å². The lowest BCUT2D eigenvalue weighted by atomic mass is 10.2. The van der Waals surface area contributed by atoms with Gasteiger partial charge in [-0.2, -0.15) is 0 Å². The SMILES string of the molecule is CC(C)CN(CCN(C)C)C(=O)Cc1ccc(N)cn1.Cl. The smallest absolute Gasteiger partial charge is 0.228 e. The molecule has 0 aromatic carbocycles. The molecule has 120 valence electrons. The van der Waals surface area contributed by atoms with Crippen molar-refractivity contribution in [3.63, 3.8) is 0 Å². The standard InChI is InChI=1S/C15H26N4O.ClH/c1-12(2)11-19(8-7-18(3)4)15(20)9-14-6-5-13(16)10-17-14;/h5-6,10,12H,7-9,11,16H2,1-4H3;1H. The summed E-state index contributed by atoms with van der Waals surface area (Å²) >= 11 is 0. The van der Waals surface area contributed by atoms with E-state index in [2.05, 4.69) is 23.7 Å². The summed E-state index contributed by atoms with van der Waals surface area (Å²) in [6.07, 6.45) is 1.93. The number of amides is 1. The van der Waals surface area contributed by atoms with Gasteiger partial charge in [-0.15, -0.1) is 12.4 Å². The van der Waals surface area contributed by atoms with Crippen molar-refractivity contribution in [3.05, 3.63) is 24.0 Å². The van der Waals surface area contributed by atoms with Gasteiger partial charge in [-0.25, -0.2) is 0 Å². The number of carbonyl (C=O) groups is 1. The topological polar surface area (TPSA) is 62.5 Å². The second-order valence-corrected chi connectivity index (χ2v) is 5.80. The molecule has 21 heavy (non-hydrogen) atoms. The van der Waals surface area contributed by atoms with E-state index in [1.807, 2.05) is 25.1 Å². The van der Waals surface area contributed by atoms with Gasteiger partial charge in [0.15, 0.2) is 0 Å². The number of likely N-dealkylation sites (N-methyl/N-ethyl adjacent to an activating group) is 1. The molecule has 0 aliphatic heterocycles. The fraction of sp³-hybridized carbons (Fsp3) is 0.600. The summed E-state index contributed by atoms with van der Waals surface area (Å²) < 4.78 is 0. The summed E-state index contributed by atoms with van der Waals surface area (Å²) in [7, 11) is 4.03. The molecule has 1 aromatic rings. The van der Waals surface area contributed by atoms with Crippen LogP contribution in [0.4, 0.5) is 5.69 Å². The normalized spacial score (nSPS) is 10.6. The van der Waals surface area contributed by atoms with Crippen LogP contribution in [0.3, 0.4) is 0 Å². The summed E-state index contributed by atoms with van der Waals surface area (Å²) in [6.45, 7) is 6.64. The largest absolute Gasteiger partial charge is 0.397 e. The number of nitrogen functional groups attached to an aromatic ring is 1. The van der Waals surface area contributed by atoms with E-state index >= 15 is 0 Å². The number of anilines is 1. The molecule has 0 fully saturated rings. The fourth-order valence-electron chi connectivity index (χ4n) is 1.89. The van der Waals surface area contributed by atoms with Crippen LogP contribution in [0, 0.1) is 5.92 Å². The lowest BCUT2D eigenvalue weighted by Crippen LogP contribution is -2.39. The van der Waals surface area contributed by atoms with Gasteiger partial charge in [0.1, 0.15) is 0 Å². The molecule has 1 amide bonds. The minimum atomic E-state index is 0. The molecule has 0 radical (unpaired) electrons. The van der Waals surface area contributed by atoms with Gasteiger partial charge in [0.05, 0.1) is 18.3 Å². The molecular formula is C15H27ClN4O. The highest BCUT2D eigenvalue weighted by Crippen LogP contribution is 2.06. The molecule has 0 unspecified atom stereocenters. The van der Waals surface area contributed by atoms with E-state index in [1.165, 1.54) is 0 Å². The monoisotopic (exact) mass is 314 g/mol. The zero-order valence-corrected chi connectivity index (χ0v) is 14.2. The number of halogens is 1. The lowest BCUT2D eigenvalue weighted by Gasteiger charge is -2.26. The molecule has 2 N–H and O–H groups in total. The first-order valence-corrected chi connectivity index (χ1v) is 7.01. The number of nitrogens with two attached hydrogens (primary N) is 1. The number of hydrogen-bond acceptors (Lipinski definition) is 4. The van der Waals surface area contributed by atoms with Crippen LogP contribution < -0.4 is 5.73 Å². The average Bonchev–Trinajstić information content (AvgIpc) is 2.36. The molecule has 1 rings (SSSR count). The Morgan fingerprint density at radius 3 is 2.43 bits per heavy atom. The molecule has 0 aliphatic carbocycles. The van der Waals surface area contributed by atoms with Gasteiger partial charge in [0.25, 0.3) is 0 Å². The van der Waals surface area contributed by atoms with Gasteiger partial charge < -0.3 is 15.5 Å². The third-order valence-corrected chi connectivity index (χ3v) is 2.94. The highest BCUT2D eigenvalue weighted by Gasteiger charge is 2.16. The van der Waals surface area contributed by atoms with Crippen molar-refractivity contribution in [1.82, 2.24) is 14.8 Å². The molecule has 0 bridgehead atoms. The summed E-state index contributed by atoms with van der Waals surface area (Å²) in [6, 6.07) is 3.59. The Hall–Kier alpha value is -1.33. The van der Waals surface area contributed by atoms with Crippen LogP contribution in [-0.2, 0) is 11.2 Å². The molecule has 6 heteroatoms. The Balaban J connectivity index is 0.00000400. The van der Waals surface area contributed by atoms with Crippen LogP contribution in [0.1, 0.15) is 19.5 Å². The maximum atomic E-state index is 12.4. The minimum absolute atomic E-state index is 0.